The van der Waals surface area contributed by atoms with E-state index in [1.165, 1.54) is 64.2 Å². The zero-order chi connectivity index (χ0) is 17.9. The molecule has 2 heteroatoms. The number of carbonyl (C=O) groups excluding carboxylic acids is 1. The zero-order valence-electron chi connectivity index (χ0n) is 16.7. The number of hydrogen-bond donors (Lipinski definition) is 0. The summed E-state index contributed by atoms with van der Waals surface area (Å²) in [4.78, 5) is 11.7. The lowest BCUT2D eigenvalue weighted by molar-refractivity contribution is -0.137. The monoisotopic (exact) mass is 348 g/mol. The molecule has 0 N–H and O–H groups in total. The fourth-order valence-electron chi connectivity index (χ4n) is 4.95. The Balaban J connectivity index is 1.61. The van der Waals surface area contributed by atoms with E-state index >= 15 is 0 Å². The van der Waals surface area contributed by atoms with Crippen molar-refractivity contribution >= 4 is 5.97 Å². The Hall–Kier alpha value is -0.790. The first-order chi connectivity index (χ1) is 12.2. The van der Waals surface area contributed by atoms with E-state index in [9.17, 15) is 4.79 Å². The van der Waals surface area contributed by atoms with Crippen LogP contribution in [0.2, 0.25) is 0 Å². The van der Waals surface area contributed by atoms with Crippen LogP contribution in [0.4, 0.5) is 0 Å². The van der Waals surface area contributed by atoms with Crippen molar-refractivity contribution in [3.8, 4) is 0 Å². The normalized spacial score (nSPS) is 30.5. The predicted molar refractivity (Wildman–Crippen MR) is 105 cm³/mol. The van der Waals surface area contributed by atoms with Crippen LogP contribution in [0.25, 0.3) is 0 Å². The van der Waals surface area contributed by atoms with Gasteiger partial charge in [-0.15, -0.1) is 0 Å². The van der Waals surface area contributed by atoms with Crippen LogP contribution >= 0.6 is 0 Å². The van der Waals surface area contributed by atoms with Crippen LogP contribution in [-0.2, 0) is 9.53 Å². The number of allylic oxidation sites excluding steroid dienone is 1. The molecule has 0 saturated heterocycles. The quantitative estimate of drug-likeness (QED) is 0.263. The molecule has 0 unspecified atom stereocenters. The first-order valence-electron chi connectivity index (χ1n) is 11.1. The smallest absolute Gasteiger partial charge is 0.330 e. The molecule has 0 bridgehead atoms. The second-order valence-corrected chi connectivity index (χ2v) is 8.48. The van der Waals surface area contributed by atoms with Crippen molar-refractivity contribution < 1.29 is 9.53 Å². The molecular weight excluding hydrogens is 308 g/mol. The summed E-state index contributed by atoms with van der Waals surface area (Å²) in [6, 6.07) is 0. The lowest BCUT2D eigenvalue weighted by Crippen LogP contribution is -2.25. The highest BCUT2D eigenvalue weighted by Crippen LogP contribution is 2.42. The van der Waals surface area contributed by atoms with E-state index in [1.807, 2.05) is 0 Å². The van der Waals surface area contributed by atoms with Gasteiger partial charge in [0, 0.05) is 6.08 Å². The number of ether oxygens (including phenoxy) is 1. The van der Waals surface area contributed by atoms with Crippen LogP contribution in [0.5, 0.6) is 0 Å². The van der Waals surface area contributed by atoms with Gasteiger partial charge < -0.3 is 4.74 Å². The fourth-order valence-corrected chi connectivity index (χ4v) is 4.95. The van der Waals surface area contributed by atoms with Gasteiger partial charge in [0.05, 0.1) is 6.61 Å². The number of hydrogen-bond acceptors (Lipinski definition) is 2. The molecule has 2 aliphatic carbocycles. The van der Waals surface area contributed by atoms with E-state index in [1.54, 1.807) is 6.08 Å². The average Bonchev–Trinajstić information content (AvgIpc) is 2.65. The highest BCUT2D eigenvalue weighted by atomic mass is 16.5. The van der Waals surface area contributed by atoms with Gasteiger partial charge in [0.25, 0.3) is 0 Å². The Morgan fingerprint density at radius 1 is 0.880 bits per heavy atom. The van der Waals surface area contributed by atoms with E-state index in [-0.39, 0.29) is 5.97 Å². The number of unbranched alkanes of at least 4 members (excludes halogenated alkanes) is 2. The van der Waals surface area contributed by atoms with Crippen molar-refractivity contribution in [2.45, 2.75) is 97.3 Å². The standard InChI is InChI=1S/C23H40O2/c1-3-5-6-18-25-23(24)17-12-20-10-15-22(16-11-20)21-13-8-19(7-4-2)9-14-21/h12,17,19-22H,3-11,13-16,18H2,1-2H3/t19-,20-,21-,22-. The molecular formula is C23H40O2. The SMILES string of the molecule is CCCCCOC(=O)C=C[C@H]1CC[C@H]([C@H]2CC[C@H](CCC)CC2)CC1. The summed E-state index contributed by atoms with van der Waals surface area (Å²) in [5, 5.41) is 0. The molecule has 0 aromatic carbocycles. The van der Waals surface area contributed by atoms with Crippen molar-refractivity contribution in [1.29, 1.82) is 0 Å². The molecule has 2 rings (SSSR count). The van der Waals surface area contributed by atoms with Gasteiger partial charge in [-0.3, -0.25) is 0 Å². The molecule has 2 fully saturated rings. The summed E-state index contributed by atoms with van der Waals surface area (Å²) in [7, 11) is 0. The zero-order valence-corrected chi connectivity index (χ0v) is 16.7. The van der Waals surface area contributed by atoms with Gasteiger partial charge in [0.1, 0.15) is 0 Å². The minimum atomic E-state index is -0.146. The van der Waals surface area contributed by atoms with Crippen molar-refractivity contribution in [3.63, 3.8) is 0 Å². The van der Waals surface area contributed by atoms with Gasteiger partial charge in [-0.25, -0.2) is 4.79 Å². The van der Waals surface area contributed by atoms with Gasteiger partial charge >= 0.3 is 5.97 Å². The van der Waals surface area contributed by atoms with Gasteiger partial charge in [0.15, 0.2) is 0 Å². The van der Waals surface area contributed by atoms with Crippen LogP contribution in [0, 0.1) is 23.7 Å². The summed E-state index contributed by atoms with van der Waals surface area (Å²) in [6.45, 7) is 5.06. The molecule has 2 saturated carbocycles. The molecule has 0 spiro atoms. The highest BCUT2D eigenvalue weighted by Gasteiger charge is 2.30. The summed E-state index contributed by atoms with van der Waals surface area (Å²) >= 11 is 0. The van der Waals surface area contributed by atoms with E-state index in [2.05, 4.69) is 19.9 Å². The van der Waals surface area contributed by atoms with Gasteiger partial charge in [-0.05, 0) is 68.6 Å². The average molecular weight is 349 g/mol. The van der Waals surface area contributed by atoms with Crippen molar-refractivity contribution in [1.82, 2.24) is 0 Å². The maximum absolute atomic E-state index is 11.7. The summed E-state index contributed by atoms with van der Waals surface area (Å²) in [5.41, 5.74) is 0. The molecule has 2 aliphatic rings. The van der Waals surface area contributed by atoms with E-state index in [0.717, 1.165) is 37.0 Å². The largest absolute Gasteiger partial charge is 0.463 e. The lowest BCUT2D eigenvalue weighted by atomic mass is 9.69. The summed E-state index contributed by atoms with van der Waals surface area (Å²) < 4.78 is 5.26. The van der Waals surface area contributed by atoms with E-state index < -0.39 is 0 Å². The molecule has 0 amide bonds. The topological polar surface area (TPSA) is 26.3 Å². The molecule has 0 aromatic rings. The van der Waals surface area contributed by atoms with E-state index in [0.29, 0.717) is 12.5 Å². The Labute approximate surface area is 155 Å². The Bertz CT molecular complexity index is 385. The third kappa shape index (κ3) is 7.54. The van der Waals surface area contributed by atoms with Crippen molar-refractivity contribution in [3.05, 3.63) is 12.2 Å². The van der Waals surface area contributed by atoms with Crippen LogP contribution in [0.3, 0.4) is 0 Å². The van der Waals surface area contributed by atoms with Crippen LogP contribution in [0.15, 0.2) is 12.2 Å². The fraction of sp³-hybridized carbons (Fsp3) is 0.870. The molecule has 144 valence electrons. The predicted octanol–water partition coefficient (Wildman–Crippen LogP) is 6.69. The molecule has 0 atom stereocenters. The molecule has 0 aliphatic heterocycles. The molecule has 0 aromatic heterocycles. The number of esters is 1. The van der Waals surface area contributed by atoms with Crippen LogP contribution < -0.4 is 0 Å². The van der Waals surface area contributed by atoms with Crippen LogP contribution in [0.1, 0.15) is 97.3 Å². The second-order valence-electron chi connectivity index (χ2n) is 8.48. The third-order valence-corrected chi connectivity index (χ3v) is 6.57. The van der Waals surface area contributed by atoms with E-state index in [4.69, 9.17) is 4.74 Å². The highest BCUT2D eigenvalue weighted by molar-refractivity contribution is 5.81. The Morgan fingerprint density at radius 3 is 2.12 bits per heavy atom. The summed E-state index contributed by atoms with van der Waals surface area (Å²) in [5.74, 6) is 3.40. The summed E-state index contributed by atoms with van der Waals surface area (Å²) in [6.07, 6.45) is 21.0. The van der Waals surface area contributed by atoms with Gasteiger partial charge in [0.2, 0.25) is 0 Å². The van der Waals surface area contributed by atoms with Crippen molar-refractivity contribution in [2.24, 2.45) is 23.7 Å². The van der Waals surface area contributed by atoms with Crippen molar-refractivity contribution in [2.75, 3.05) is 6.61 Å². The lowest BCUT2D eigenvalue weighted by Gasteiger charge is -2.37. The van der Waals surface area contributed by atoms with Gasteiger partial charge in [-0.1, -0.05) is 58.4 Å². The minimum Gasteiger partial charge on any atom is -0.463 e. The van der Waals surface area contributed by atoms with Gasteiger partial charge in [-0.2, -0.15) is 0 Å². The molecule has 0 heterocycles. The number of rotatable bonds is 9. The van der Waals surface area contributed by atoms with Crippen LogP contribution in [-0.4, -0.2) is 12.6 Å². The second kappa shape index (κ2) is 11.8. The molecule has 25 heavy (non-hydrogen) atoms. The third-order valence-electron chi connectivity index (χ3n) is 6.57. The first-order valence-corrected chi connectivity index (χ1v) is 11.1. The Kier molecular flexibility index (Phi) is 9.65. The molecule has 0 radical (unpaired) electrons. The Morgan fingerprint density at radius 2 is 1.52 bits per heavy atom. The minimum absolute atomic E-state index is 0.146. The molecule has 2 nitrogen and oxygen atoms in total. The first kappa shape index (κ1) is 20.5. The maximum atomic E-state index is 11.7. The maximum Gasteiger partial charge on any atom is 0.330 e. The number of carbonyl (C=O) groups is 1.